The van der Waals surface area contributed by atoms with Gasteiger partial charge in [-0.3, -0.25) is 14.8 Å². The highest BCUT2D eigenvalue weighted by Crippen LogP contribution is 2.31. The number of carbonyl (C=O) groups excluding carboxylic acids is 1. The number of amides is 1. The Balaban J connectivity index is 1.57. The first-order valence-electron chi connectivity index (χ1n) is 7.08. The number of aryl methyl sites for hydroxylation is 3. The summed E-state index contributed by atoms with van der Waals surface area (Å²) < 4.78 is 1.62. The summed E-state index contributed by atoms with van der Waals surface area (Å²) in [7, 11) is 1.79. The quantitative estimate of drug-likeness (QED) is 0.801. The molecule has 7 heteroatoms. The molecule has 1 N–H and O–H groups in total. The molecule has 0 fully saturated rings. The number of fused-ring (bicyclic) bond motifs is 1. The number of nitrogens with zero attached hydrogens (tertiary/aromatic N) is 3. The van der Waals surface area contributed by atoms with E-state index in [9.17, 15) is 4.79 Å². The highest BCUT2D eigenvalue weighted by Gasteiger charge is 2.20. The maximum Gasteiger partial charge on any atom is 0.275 e. The first-order valence-corrected chi connectivity index (χ1v) is 8.78. The average Bonchev–Trinajstić information content (AvgIpc) is 3.20. The molecule has 1 amide bonds. The normalized spacial score (nSPS) is 13.3. The van der Waals surface area contributed by atoms with Crippen molar-refractivity contribution in [2.75, 3.05) is 5.32 Å². The molecule has 112 valence electrons. The molecule has 0 aromatic carbocycles. The lowest BCUT2D eigenvalue weighted by Crippen LogP contribution is -2.15. The second kappa shape index (κ2) is 5.33. The third-order valence-electron chi connectivity index (χ3n) is 3.70. The molecule has 0 bridgehead atoms. The van der Waals surface area contributed by atoms with Gasteiger partial charge in [0.2, 0.25) is 0 Å². The van der Waals surface area contributed by atoms with Crippen molar-refractivity contribution in [2.45, 2.75) is 19.3 Å². The molecule has 0 spiro atoms. The van der Waals surface area contributed by atoms with Gasteiger partial charge in [-0.25, -0.2) is 4.98 Å². The van der Waals surface area contributed by atoms with Crippen molar-refractivity contribution in [1.29, 1.82) is 0 Å². The molecule has 4 rings (SSSR count). The molecule has 1 aliphatic rings. The van der Waals surface area contributed by atoms with Gasteiger partial charge in [-0.05, 0) is 36.8 Å². The smallest absolute Gasteiger partial charge is 0.275 e. The predicted octanol–water partition coefficient (Wildman–Crippen LogP) is 3.35. The van der Waals surface area contributed by atoms with Crippen molar-refractivity contribution >= 4 is 33.7 Å². The summed E-state index contributed by atoms with van der Waals surface area (Å²) in [5.74, 6) is -0.162. The SMILES string of the molecule is Cn1nc(-c2cccs2)cc1C(=O)Nc1nc2c(s1)CCC2. The van der Waals surface area contributed by atoms with Gasteiger partial charge in [0.1, 0.15) is 11.4 Å². The van der Waals surface area contributed by atoms with Crippen LogP contribution in [0.25, 0.3) is 10.6 Å². The molecule has 0 unspecified atom stereocenters. The fourth-order valence-electron chi connectivity index (χ4n) is 2.63. The minimum atomic E-state index is -0.162. The van der Waals surface area contributed by atoms with Crippen LogP contribution in [-0.4, -0.2) is 20.7 Å². The molecule has 0 atom stereocenters. The second-order valence-corrected chi connectivity index (χ2v) is 7.24. The van der Waals surface area contributed by atoms with E-state index in [1.54, 1.807) is 34.4 Å². The first kappa shape index (κ1) is 13.7. The van der Waals surface area contributed by atoms with Crippen LogP contribution in [0.5, 0.6) is 0 Å². The zero-order valence-electron chi connectivity index (χ0n) is 12.0. The summed E-state index contributed by atoms with van der Waals surface area (Å²) >= 11 is 3.20. The third kappa shape index (κ3) is 2.36. The summed E-state index contributed by atoms with van der Waals surface area (Å²) in [4.78, 5) is 19.3. The summed E-state index contributed by atoms with van der Waals surface area (Å²) in [6, 6.07) is 5.80. The minimum absolute atomic E-state index is 0.162. The van der Waals surface area contributed by atoms with Crippen LogP contribution in [0.4, 0.5) is 5.13 Å². The van der Waals surface area contributed by atoms with Crippen molar-refractivity contribution in [3.05, 3.63) is 39.8 Å². The zero-order valence-corrected chi connectivity index (χ0v) is 13.6. The number of aromatic nitrogens is 3. The standard InChI is InChI=1S/C15H14N4OS2/c1-19-11(8-10(18-19)12-6-3-7-21-12)14(20)17-15-16-9-4-2-5-13(9)22-15/h3,6-8H,2,4-5H2,1H3,(H,16,17,20). The van der Waals surface area contributed by atoms with Gasteiger partial charge in [-0.2, -0.15) is 5.10 Å². The van der Waals surface area contributed by atoms with Gasteiger partial charge in [-0.1, -0.05) is 6.07 Å². The number of carbonyl (C=O) groups is 1. The summed E-state index contributed by atoms with van der Waals surface area (Å²) in [5.41, 5.74) is 2.51. The Kier molecular flexibility index (Phi) is 3.31. The van der Waals surface area contributed by atoms with E-state index in [4.69, 9.17) is 0 Å². The predicted molar refractivity (Wildman–Crippen MR) is 88.6 cm³/mol. The highest BCUT2D eigenvalue weighted by atomic mass is 32.1. The van der Waals surface area contributed by atoms with Crippen LogP contribution in [0.1, 0.15) is 27.5 Å². The van der Waals surface area contributed by atoms with Gasteiger partial charge in [0.15, 0.2) is 5.13 Å². The summed E-state index contributed by atoms with van der Waals surface area (Å²) in [6.45, 7) is 0. The van der Waals surface area contributed by atoms with E-state index < -0.39 is 0 Å². The topological polar surface area (TPSA) is 59.8 Å². The van der Waals surface area contributed by atoms with Crippen molar-refractivity contribution < 1.29 is 4.79 Å². The Bertz CT molecular complexity index is 810. The molecular formula is C15H14N4OS2. The summed E-state index contributed by atoms with van der Waals surface area (Å²) in [5, 5.41) is 10.0. The van der Waals surface area contributed by atoms with Crippen molar-refractivity contribution in [2.24, 2.45) is 7.05 Å². The largest absolute Gasteiger partial charge is 0.296 e. The fourth-order valence-corrected chi connectivity index (χ4v) is 4.36. The third-order valence-corrected chi connectivity index (χ3v) is 5.67. The molecular weight excluding hydrogens is 316 g/mol. The van der Waals surface area contributed by atoms with E-state index in [-0.39, 0.29) is 5.91 Å². The van der Waals surface area contributed by atoms with Crippen molar-refractivity contribution in [1.82, 2.24) is 14.8 Å². The molecule has 0 aliphatic heterocycles. The molecule has 3 heterocycles. The Morgan fingerprint density at radius 3 is 3.09 bits per heavy atom. The first-order chi connectivity index (χ1) is 10.7. The summed E-state index contributed by atoms with van der Waals surface area (Å²) in [6.07, 6.45) is 3.28. The van der Waals surface area contributed by atoms with E-state index in [1.807, 2.05) is 23.6 Å². The lowest BCUT2D eigenvalue weighted by atomic mass is 10.3. The van der Waals surface area contributed by atoms with Gasteiger partial charge >= 0.3 is 0 Å². The Hall–Kier alpha value is -1.99. The van der Waals surface area contributed by atoms with Crippen LogP contribution in [0.2, 0.25) is 0 Å². The zero-order chi connectivity index (χ0) is 15.1. The molecule has 5 nitrogen and oxygen atoms in total. The van der Waals surface area contributed by atoms with Crippen LogP contribution in [0.3, 0.4) is 0 Å². The van der Waals surface area contributed by atoms with Gasteiger partial charge in [0.25, 0.3) is 5.91 Å². The molecule has 0 saturated carbocycles. The van der Waals surface area contributed by atoms with Gasteiger partial charge in [0, 0.05) is 11.9 Å². The van der Waals surface area contributed by atoms with E-state index in [0.717, 1.165) is 29.1 Å². The van der Waals surface area contributed by atoms with Gasteiger partial charge < -0.3 is 0 Å². The minimum Gasteiger partial charge on any atom is -0.296 e. The Morgan fingerprint density at radius 1 is 1.41 bits per heavy atom. The molecule has 22 heavy (non-hydrogen) atoms. The molecule has 3 aromatic rings. The number of thiophene rings is 1. The maximum absolute atomic E-state index is 12.4. The molecule has 0 saturated heterocycles. The van der Waals surface area contributed by atoms with Gasteiger partial charge in [-0.15, -0.1) is 22.7 Å². The number of anilines is 1. The van der Waals surface area contributed by atoms with E-state index in [2.05, 4.69) is 15.4 Å². The second-order valence-electron chi connectivity index (χ2n) is 5.21. The number of thiazole rings is 1. The fraction of sp³-hybridized carbons (Fsp3) is 0.267. The van der Waals surface area contributed by atoms with E-state index in [1.165, 1.54) is 11.3 Å². The lowest BCUT2D eigenvalue weighted by Gasteiger charge is -2.01. The van der Waals surface area contributed by atoms with Crippen LogP contribution in [-0.2, 0) is 19.9 Å². The Labute approximate surface area is 135 Å². The van der Waals surface area contributed by atoms with Crippen LogP contribution < -0.4 is 5.32 Å². The molecule has 0 radical (unpaired) electrons. The van der Waals surface area contributed by atoms with Crippen LogP contribution >= 0.6 is 22.7 Å². The monoisotopic (exact) mass is 330 g/mol. The number of hydrogen-bond donors (Lipinski definition) is 1. The lowest BCUT2D eigenvalue weighted by molar-refractivity contribution is 0.101. The van der Waals surface area contributed by atoms with Crippen molar-refractivity contribution in [3.63, 3.8) is 0 Å². The number of hydrogen-bond acceptors (Lipinski definition) is 5. The molecule has 3 aromatic heterocycles. The van der Waals surface area contributed by atoms with Crippen molar-refractivity contribution in [3.8, 4) is 10.6 Å². The maximum atomic E-state index is 12.4. The van der Waals surface area contributed by atoms with E-state index >= 15 is 0 Å². The van der Waals surface area contributed by atoms with Crippen LogP contribution in [0.15, 0.2) is 23.6 Å². The molecule has 1 aliphatic carbocycles. The van der Waals surface area contributed by atoms with Crippen LogP contribution in [0, 0.1) is 0 Å². The number of rotatable bonds is 3. The van der Waals surface area contributed by atoms with Gasteiger partial charge in [0.05, 0.1) is 10.6 Å². The Morgan fingerprint density at radius 2 is 2.32 bits per heavy atom. The average molecular weight is 330 g/mol. The van der Waals surface area contributed by atoms with E-state index in [0.29, 0.717) is 10.8 Å². The highest BCUT2D eigenvalue weighted by molar-refractivity contribution is 7.16. The number of nitrogens with one attached hydrogen (secondary N) is 1.